The maximum atomic E-state index is 11.5. The Hall–Kier alpha value is -0.610. The predicted molar refractivity (Wildman–Crippen MR) is 113 cm³/mol. The van der Waals surface area contributed by atoms with E-state index in [-0.39, 0.29) is 0 Å². The lowest BCUT2D eigenvalue weighted by Crippen LogP contribution is -2.06. The molecule has 4 heteroatoms. The maximum absolute atomic E-state index is 11.5. The summed E-state index contributed by atoms with van der Waals surface area (Å²) < 4.78 is 7.17. The van der Waals surface area contributed by atoms with Crippen molar-refractivity contribution in [2.45, 2.75) is 77.6 Å². The van der Waals surface area contributed by atoms with Crippen LogP contribution in [0.2, 0.25) is 0 Å². The number of carbonyl (C=O) groups excluding carboxylic acids is 1. The fourth-order valence-corrected chi connectivity index (χ4v) is 4.25. The predicted octanol–water partition coefficient (Wildman–Crippen LogP) is 7.77. The molecule has 0 fully saturated rings. The summed E-state index contributed by atoms with van der Waals surface area (Å²) >= 11 is 6.99. The Kier molecular flexibility index (Phi) is 12.2. The van der Waals surface area contributed by atoms with Gasteiger partial charge in [-0.25, -0.2) is 4.79 Å². The zero-order valence-corrected chi connectivity index (χ0v) is 18.5. The van der Waals surface area contributed by atoms with Gasteiger partial charge in [0.15, 0.2) is 0 Å². The van der Waals surface area contributed by atoms with E-state index in [0.29, 0.717) is 5.75 Å². The number of hydrogen-bond acceptors (Lipinski definition) is 2. The molecule has 1 rings (SSSR count). The molecule has 0 atom stereocenters. The van der Waals surface area contributed by atoms with Crippen LogP contribution in [0.4, 0.5) is 0 Å². The SMILES string of the molecule is C=CC(=O)Oc1c(Br)cc(Br)cc1CCCCCCCCCCCC. The van der Waals surface area contributed by atoms with Crippen LogP contribution in [0, 0.1) is 0 Å². The van der Waals surface area contributed by atoms with E-state index in [1.54, 1.807) is 0 Å². The number of carbonyl (C=O) groups is 1. The molecular weight excluding hydrogens is 444 g/mol. The minimum absolute atomic E-state index is 0.424. The van der Waals surface area contributed by atoms with E-state index < -0.39 is 5.97 Å². The summed E-state index contributed by atoms with van der Waals surface area (Å²) in [4.78, 5) is 11.5. The molecule has 0 N–H and O–H groups in total. The van der Waals surface area contributed by atoms with Gasteiger partial charge in [-0.15, -0.1) is 0 Å². The van der Waals surface area contributed by atoms with Crippen LogP contribution in [0.5, 0.6) is 5.75 Å². The number of ether oxygens (including phenoxy) is 1. The third-order valence-corrected chi connectivity index (χ3v) is 5.30. The fourth-order valence-electron chi connectivity index (χ4n) is 2.86. The van der Waals surface area contributed by atoms with Gasteiger partial charge in [0.1, 0.15) is 5.75 Å². The van der Waals surface area contributed by atoms with E-state index in [1.807, 2.05) is 12.1 Å². The second-order valence-electron chi connectivity index (χ2n) is 6.43. The number of esters is 1. The molecule has 1 aromatic carbocycles. The minimum atomic E-state index is -0.424. The van der Waals surface area contributed by atoms with Gasteiger partial charge in [-0.3, -0.25) is 0 Å². The molecule has 25 heavy (non-hydrogen) atoms. The molecule has 0 radical (unpaired) electrons. The Morgan fingerprint density at radius 1 is 1.00 bits per heavy atom. The molecule has 0 aliphatic rings. The van der Waals surface area contributed by atoms with Crippen molar-refractivity contribution in [3.63, 3.8) is 0 Å². The fraction of sp³-hybridized carbons (Fsp3) is 0.571. The molecule has 0 saturated carbocycles. The third kappa shape index (κ3) is 9.60. The van der Waals surface area contributed by atoms with Crippen molar-refractivity contribution < 1.29 is 9.53 Å². The number of unbranched alkanes of at least 4 members (excludes halogenated alkanes) is 9. The molecule has 0 aliphatic carbocycles. The van der Waals surface area contributed by atoms with Crippen LogP contribution in [-0.2, 0) is 11.2 Å². The van der Waals surface area contributed by atoms with Crippen LogP contribution >= 0.6 is 31.9 Å². The van der Waals surface area contributed by atoms with Gasteiger partial charge < -0.3 is 4.74 Å². The average molecular weight is 474 g/mol. The molecule has 140 valence electrons. The second-order valence-corrected chi connectivity index (χ2v) is 8.20. The molecule has 0 bridgehead atoms. The number of benzene rings is 1. The quantitative estimate of drug-likeness (QED) is 0.126. The summed E-state index contributed by atoms with van der Waals surface area (Å²) in [6.07, 6.45) is 15.2. The average Bonchev–Trinajstić information content (AvgIpc) is 2.59. The zero-order chi connectivity index (χ0) is 18.5. The summed E-state index contributed by atoms with van der Waals surface area (Å²) in [5.74, 6) is 0.191. The van der Waals surface area contributed by atoms with Gasteiger partial charge in [0.05, 0.1) is 4.47 Å². The largest absolute Gasteiger partial charge is 0.422 e. The van der Waals surface area contributed by atoms with Crippen LogP contribution in [0.1, 0.15) is 76.7 Å². The Bertz CT molecular complexity index is 541. The topological polar surface area (TPSA) is 26.3 Å². The lowest BCUT2D eigenvalue weighted by atomic mass is 10.0. The number of hydrogen-bond donors (Lipinski definition) is 0. The molecule has 0 unspecified atom stereocenters. The summed E-state index contributed by atoms with van der Waals surface area (Å²) in [6, 6.07) is 3.93. The summed E-state index contributed by atoms with van der Waals surface area (Å²) in [5, 5.41) is 0. The smallest absolute Gasteiger partial charge is 0.335 e. The van der Waals surface area contributed by atoms with Gasteiger partial charge in [-0.1, -0.05) is 87.2 Å². The van der Waals surface area contributed by atoms with E-state index in [2.05, 4.69) is 45.4 Å². The highest BCUT2D eigenvalue weighted by atomic mass is 79.9. The Balaban J connectivity index is 2.34. The van der Waals surface area contributed by atoms with Crippen LogP contribution in [0.3, 0.4) is 0 Å². The lowest BCUT2D eigenvalue weighted by Gasteiger charge is -2.12. The second kappa shape index (κ2) is 13.6. The molecular formula is C21H30Br2O2. The number of halogens is 2. The highest BCUT2D eigenvalue weighted by Gasteiger charge is 2.12. The molecule has 1 aromatic rings. The number of aryl methyl sites for hydroxylation is 1. The van der Waals surface area contributed by atoms with Gasteiger partial charge in [0.25, 0.3) is 0 Å². The van der Waals surface area contributed by atoms with Gasteiger partial charge in [-0.2, -0.15) is 0 Å². The standard InChI is InChI=1S/C21H30Br2O2/c1-3-5-6-7-8-9-10-11-12-13-14-17-15-18(22)16-19(23)21(17)25-20(24)4-2/h4,15-16H,2-3,5-14H2,1H3. The van der Waals surface area contributed by atoms with Gasteiger partial charge in [0.2, 0.25) is 0 Å². The van der Waals surface area contributed by atoms with Crippen molar-refractivity contribution in [1.82, 2.24) is 0 Å². The molecule has 0 amide bonds. The van der Waals surface area contributed by atoms with Gasteiger partial charge in [-0.05, 0) is 46.5 Å². The summed E-state index contributed by atoms with van der Waals surface area (Å²) in [5.41, 5.74) is 1.05. The van der Waals surface area contributed by atoms with E-state index in [4.69, 9.17) is 4.74 Å². The van der Waals surface area contributed by atoms with Gasteiger partial charge in [0, 0.05) is 10.5 Å². The van der Waals surface area contributed by atoms with E-state index >= 15 is 0 Å². The first-order valence-electron chi connectivity index (χ1n) is 9.40. The highest BCUT2D eigenvalue weighted by Crippen LogP contribution is 2.34. The van der Waals surface area contributed by atoms with Crippen molar-refractivity contribution in [3.05, 3.63) is 39.3 Å². The molecule has 0 aliphatic heterocycles. The van der Waals surface area contributed by atoms with Crippen LogP contribution in [-0.4, -0.2) is 5.97 Å². The normalized spacial score (nSPS) is 10.7. The van der Waals surface area contributed by atoms with Crippen molar-refractivity contribution in [1.29, 1.82) is 0 Å². The highest BCUT2D eigenvalue weighted by molar-refractivity contribution is 9.11. The zero-order valence-electron chi connectivity index (χ0n) is 15.3. The minimum Gasteiger partial charge on any atom is -0.422 e. The molecule has 0 aromatic heterocycles. The maximum Gasteiger partial charge on any atom is 0.335 e. The van der Waals surface area contributed by atoms with Gasteiger partial charge >= 0.3 is 5.97 Å². The van der Waals surface area contributed by atoms with E-state index in [9.17, 15) is 4.79 Å². The monoisotopic (exact) mass is 472 g/mol. The van der Waals surface area contributed by atoms with E-state index in [0.717, 1.165) is 27.4 Å². The lowest BCUT2D eigenvalue weighted by molar-refractivity contribution is -0.129. The van der Waals surface area contributed by atoms with Crippen LogP contribution in [0.15, 0.2) is 33.7 Å². The Labute approximate surface area is 169 Å². The first-order chi connectivity index (χ1) is 12.1. The van der Waals surface area contributed by atoms with Crippen LogP contribution in [0.25, 0.3) is 0 Å². The first kappa shape index (κ1) is 22.4. The molecule has 0 saturated heterocycles. The summed E-state index contributed by atoms with van der Waals surface area (Å²) in [7, 11) is 0. The summed E-state index contributed by atoms with van der Waals surface area (Å²) in [6.45, 7) is 5.72. The Morgan fingerprint density at radius 2 is 1.56 bits per heavy atom. The Morgan fingerprint density at radius 3 is 2.12 bits per heavy atom. The third-order valence-electron chi connectivity index (χ3n) is 4.25. The first-order valence-corrected chi connectivity index (χ1v) is 11.0. The molecule has 0 heterocycles. The molecule has 2 nitrogen and oxygen atoms in total. The van der Waals surface area contributed by atoms with Crippen molar-refractivity contribution in [2.24, 2.45) is 0 Å². The van der Waals surface area contributed by atoms with Crippen LogP contribution < -0.4 is 4.74 Å². The van der Waals surface area contributed by atoms with E-state index in [1.165, 1.54) is 63.9 Å². The molecule has 0 spiro atoms. The van der Waals surface area contributed by atoms with Crippen molar-refractivity contribution in [3.8, 4) is 5.75 Å². The number of rotatable bonds is 13. The van der Waals surface area contributed by atoms with Crippen molar-refractivity contribution >= 4 is 37.8 Å². The van der Waals surface area contributed by atoms with Crippen molar-refractivity contribution in [2.75, 3.05) is 0 Å².